The summed E-state index contributed by atoms with van der Waals surface area (Å²) >= 11 is 1.09. The molecule has 4 nitrogen and oxygen atoms in total. The van der Waals surface area contributed by atoms with Gasteiger partial charge >= 0.3 is 0 Å². The molecular weight excluding hydrogens is 334 g/mol. The number of halogens is 2. The smallest absolute Gasteiger partial charge is 0.256 e. The summed E-state index contributed by atoms with van der Waals surface area (Å²) in [6, 6.07) is 11.7. The monoisotopic (exact) mass is 346 g/mol. The molecule has 122 valence electrons. The standard InChI is InChI=1S/C17H12F2N2O2S/c18-12-7-5-11(6-8-12)15-9-20-17(23-15)24-10-16(22)21-14-4-2-1-3-13(14)19/h1-9H,10H2,(H,21,22). The number of rotatable bonds is 5. The van der Waals surface area contributed by atoms with Crippen LogP contribution in [0.25, 0.3) is 11.3 Å². The fourth-order valence-electron chi connectivity index (χ4n) is 1.95. The number of nitrogens with zero attached hydrogens (tertiary/aromatic N) is 1. The number of carbonyl (C=O) groups excluding carboxylic acids is 1. The second kappa shape index (κ2) is 7.27. The summed E-state index contributed by atoms with van der Waals surface area (Å²) in [6.07, 6.45) is 1.50. The number of oxazole rings is 1. The van der Waals surface area contributed by atoms with E-state index in [1.54, 1.807) is 24.3 Å². The van der Waals surface area contributed by atoms with Crippen LogP contribution in [0.5, 0.6) is 0 Å². The van der Waals surface area contributed by atoms with Crippen LogP contribution >= 0.6 is 11.8 Å². The molecule has 24 heavy (non-hydrogen) atoms. The van der Waals surface area contributed by atoms with Gasteiger partial charge in [0, 0.05) is 5.56 Å². The molecule has 3 rings (SSSR count). The maximum atomic E-state index is 13.5. The molecule has 0 aliphatic carbocycles. The molecule has 1 N–H and O–H groups in total. The number of aromatic nitrogens is 1. The molecule has 1 aromatic heterocycles. The number of anilines is 1. The van der Waals surface area contributed by atoms with Crippen LogP contribution in [0.4, 0.5) is 14.5 Å². The third-order valence-corrected chi connectivity index (χ3v) is 3.93. The van der Waals surface area contributed by atoms with Gasteiger partial charge in [-0.3, -0.25) is 4.79 Å². The fourth-order valence-corrected chi connectivity index (χ4v) is 2.55. The predicted molar refractivity (Wildman–Crippen MR) is 87.7 cm³/mol. The topological polar surface area (TPSA) is 55.1 Å². The van der Waals surface area contributed by atoms with Crippen LogP contribution in [0, 0.1) is 11.6 Å². The molecule has 0 saturated heterocycles. The molecule has 0 unspecified atom stereocenters. The Morgan fingerprint density at radius 3 is 2.62 bits per heavy atom. The zero-order valence-corrected chi connectivity index (χ0v) is 13.1. The summed E-state index contributed by atoms with van der Waals surface area (Å²) in [6.45, 7) is 0. The van der Waals surface area contributed by atoms with Crippen molar-refractivity contribution in [1.29, 1.82) is 0 Å². The number of amides is 1. The minimum Gasteiger partial charge on any atom is -0.431 e. The molecule has 2 aromatic carbocycles. The average Bonchev–Trinajstić information content (AvgIpc) is 3.05. The number of hydrogen-bond donors (Lipinski definition) is 1. The lowest BCUT2D eigenvalue weighted by Crippen LogP contribution is -2.14. The summed E-state index contributed by atoms with van der Waals surface area (Å²) in [5, 5.41) is 2.78. The van der Waals surface area contributed by atoms with Crippen LogP contribution < -0.4 is 5.32 Å². The van der Waals surface area contributed by atoms with E-state index in [0.717, 1.165) is 11.8 Å². The Morgan fingerprint density at radius 2 is 1.88 bits per heavy atom. The van der Waals surface area contributed by atoms with E-state index >= 15 is 0 Å². The van der Waals surface area contributed by atoms with E-state index in [-0.39, 0.29) is 23.2 Å². The van der Waals surface area contributed by atoms with Gasteiger partial charge in [0.05, 0.1) is 17.6 Å². The van der Waals surface area contributed by atoms with Gasteiger partial charge in [-0.1, -0.05) is 23.9 Å². The molecule has 0 aliphatic rings. The predicted octanol–water partition coefficient (Wildman–Crippen LogP) is 4.35. The Labute approximate surface area is 140 Å². The molecule has 0 bridgehead atoms. The zero-order chi connectivity index (χ0) is 16.9. The summed E-state index contributed by atoms with van der Waals surface area (Å²) in [5.74, 6) is -0.695. The number of carbonyl (C=O) groups is 1. The average molecular weight is 346 g/mol. The summed E-state index contributed by atoms with van der Waals surface area (Å²) in [5.41, 5.74) is 0.814. The van der Waals surface area contributed by atoms with E-state index < -0.39 is 5.82 Å². The Kier molecular flexibility index (Phi) is 4.90. The van der Waals surface area contributed by atoms with Crippen LogP contribution in [-0.2, 0) is 4.79 Å². The molecule has 0 saturated carbocycles. The molecule has 1 heterocycles. The lowest BCUT2D eigenvalue weighted by atomic mass is 10.2. The number of thioether (sulfide) groups is 1. The van der Waals surface area contributed by atoms with Crippen molar-refractivity contribution in [1.82, 2.24) is 4.98 Å². The first-order valence-corrected chi connectivity index (χ1v) is 7.99. The van der Waals surface area contributed by atoms with Crippen molar-refractivity contribution in [2.45, 2.75) is 5.22 Å². The van der Waals surface area contributed by atoms with Crippen LogP contribution in [0.1, 0.15) is 0 Å². The molecule has 3 aromatic rings. The van der Waals surface area contributed by atoms with E-state index in [1.807, 2.05) is 0 Å². The third kappa shape index (κ3) is 3.99. The Bertz CT molecular complexity index is 850. The molecule has 7 heteroatoms. The van der Waals surface area contributed by atoms with Crippen LogP contribution in [0.15, 0.2) is 64.4 Å². The second-order valence-electron chi connectivity index (χ2n) is 4.81. The van der Waals surface area contributed by atoms with Crippen LogP contribution in [0.2, 0.25) is 0 Å². The number of hydrogen-bond acceptors (Lipinski definition) is 4. The normalized spacial score (nSPS) is 10.6. The van der Waals surface area contributed by atoms with E-state index in [1.165, 1.54) is 30.5 Å². The lowest BCUT2D eigenvalue weighted by Gasteiger charge is -2.04. The highest BCUT2D eigenvalue weighted by molar-refractivity contribution is 7.99. The Balaban J connectivity index is 1.58. The first kappa shape index (κ1) is 16.2. The lowest BCUT2D eigenvalue weighted by molar-refractivity contribution is -0.113. The highest BCUT2D eigenvalue weighted by Crippen LogP contribution is 2.25. The van der Waals surface area contributed by atoms with Crippen LogP contribution in [-0.4, -0.2) is 16.6 Å². The maximum absolute atomic E-state index is 13.5. The van der Waals surface area contributed by atoms with E-state index in [9.17, 15) is 13.6 Å². The third-order valence-electron chi connectivity index (χ3n) is 3.09. The molecule has 0 radical (unpaired) electrons. The van der Waals surface area contributed by atoms with Crippen LogP contribution in [0.3, 0.4) is 0 Å². The van der Waals surface area contributed by atoms with Crippen molar-refractivity contribution in [3.8, 4) is 11.3 Å². The van der Waals surface area contributed by atoms with Gasteiger partial charge in [0.15, 0.2) is 5.76 Å². The van der Waals surface area contributed by atoms with Crippen molar-refractivity contribution in [2.75, 3.05) is 11.1 Å². The maximum Gasteiger partial charge on any atom is 0.256 e. The summed E-state index contributed by atoms with van der Waals surface area (Å²) in [7, 11) is 0. The first-order chi connectivity index (χ1) is 11.6. The summed E-state index contributed by atoms with van der Waals surface area (Å²) < 4.78 is 31.9. The first-order valence-electron chi connectivity index (χ1n) is 7.01. The molecule has 0 aliphatic heterocycles. The largest absolute Gasteiger partial charge is 0.431 e. The minimum atomic E-state index is -0.495. The molecule has 1 amide bonds. The van der Waals surface area contributed by atoms with E-state index in [0.29, 0.717) is 16.5 Å². The Morgan fingerprint density at radius 1 is 1.12 bits per heavy atom. The van der Waals surface area contributed by atoms with Crippen molar-refractivity contribution in [3.05, 3.63) is 66.4 Å². The van der Waals surface area contributed by atoms with Gasteiger partial charge in [-0.2, -0.15) is 0 Å². The molecule has 0 atom stereocenters. The van der Waals surface area contributed by atoms with Gasteiger partial charge in [-0.15, -0.1) is 0 Å². The van der Waals surface area contributed by atoms with Gasteiger partial charge in [-0.05, 0) is 36.4 Å². The second-order valence-corrected chi connectivity index (χ2v) is 5.74. The van der Waals surface area contributed by atoms with Gasteiger partial charge in [0.2, 0.25) is 5.91 Å². The van der Waals surface area contributed by atoms with Gasteiger partial charge in [0.25, 0.3) is 5.22 Å². The van der Waals surface area contributed by atoms with Crippen molar-refractivity contribution in [3.63, 3.8) is 0 Å². The van der Waals surface area contributed by atoms with Gasteiger partial charge in [0.1, 0.15) is 11.6 Å². The van der Waals surface area contributed by atoms with Gasteiger partial charge < -0.3 is 9.73 Å². The van der Waals surface area contributed by atoms with E-state index in [2.05, 4.69) is 10.3 Å². The molecule has 0 fully saturated rings. The highest BCUT2D eigenvalue weighted by Gasteiger charge is 2.11. The van der Waals surface area contributed by atoms with Crippen molar-refractivity contribution < 1.29 is 18.0 Å². The fraction of sp³-hybridized carbons (Fsp3) is 0.0588. The number of para-hydroxylation sites is 1. The SMILES string of the molecule is O=C(CSc1ncc(-c2ccc(F)cc2)o1)Nc1ccccc1F. The zero-order valence-electron chi connectivity index (χ0n) is 12.3. The molecule has 0 spiro atoms. The molecular formula is C17H12F2N2O2S. The van der Waals surface area contributed by atoms with Crippen molar-refractivity contribution in [2.24, 2.45) is 0 Å². The quantitative estimate of drug-likeness (QED) is 0.698. The summed E-state index contributed by atoms with van der Waals surface area (Å²) in [4.78, 5) is 15.9. The van der Waals surface area contributed by atoms with Gasteiger partial charge in [-0.25, -0.2) is 13.8 Å². The number of nitrogens with one attached hydrogen (secondary N) is 1. The van der Waals surface area contributed by atoms with E-state index in [4.69, 9.17) is 4.42 Å². The minimum absolute atomic E-state index is 0.0255. The van der Waals surface area contributed by atoms with Crippen molar-refractivity contribution >= 4 is 23.4 Å². The highest BCUT2D eigenvalue weighted by atomic mass is 32.2. The number of benzene rings is 2. The Hall–Kier alpha value is -2.67.